The van der Waals surface area contributed by atoms with Gasteiger partial charge in [0.2, 0.25) is 0 Å². The molecule has 3 N–H and O–H groups in total. The summed E-state index contributed by atoms with van der Waals surface area (Å²) in [5.41, 5.74) is 8.16. The maximum atomic E-state index is 10.6. The number of rotatable bonds is 4. The van der Waals surface area contributed by atoms with Gasteiger partial charge in [-0.1, -0.05) is 28.1 Å². The van der Waals surface area contributed by atoms with Crippen molar-refractivity contribution in [1.82, 2.24) is 0 Å². The number of thiophene rings is 1. The van der Waals surface area contributed by atoms with Gasteiger partial charge in [-0.05, 0) is 43.2 Å². The van der Waals surface area contributed by atoms with E-state index in [1.54, 1.807) is 11.3 Å². The average molecular weight is 340 g/mol. The van der Waals surface area contributed by atoms with Gasteiger partial charge in [0.1, 0.15) is 0 Å². The number of aryl methyl sites for hydroxylation is 2. The Morgan fingerprint density at radius 1 is 1.32 bits per heavy atom. The minimum Gasteiger partial charge on any atom is -0.387 e. The lowest BCUT2D eigenvalue weighted by atomic mass is 9.92. The van der Waals surface area contributed by atoms with Gasteiger partial charge in [-0.3, -0.25) is 0 Å². The Balaban J connectivity index is 2.31. The lowest BCUT2D eigenvalue weighted by molar-refractivity contribution is 0.151. The van der Waals surface area contributed by atoms with E-state index in [-0.39, 0.29) is 5.92 Å². The van der Waals surface area contributed by atoms with Crippen LogP contribution in [0.5, 0.6) is 0 Å². The van der Waals surface area contributed by atoms with Crippen molar-refractivity contribution in [3.63, 3.8) is 0 Å². The molecule has 0 saturated carbocycles. The summed E-state index contributed by atoms with van der Waals surface area (Å²) in [4.78, 5) is 2.24. The number of halogens is 1. The highest BCUT2D eigenvalue weighted by molar-refractivity contribution is 9.10. The Kier molecular flexibility index (Phi) is 4.79. The highest BCUT2D eigenvalue weighted by atomic mass is 79.9. The maximum absolute atomic E-state index is 10.6. The molecule has 0 saturated heterocycles. The van der Waals surface area contributed by atoms with Crippen molar-refractivity contribution in [2.45, 2.75) is 25.9 Å². The SMILES string of the molecule is Cc1cc(C(O)C(CN)c2cccc(Br)c2)sc1C. The van der Waals surface area contributed by atoms with Crippen LogP contribution in [-0.4, -0.2) is 11.7 Å². The molecular formula is C15H18BrNOS. The Morgan fingerprint density at radius 3 is 2.58 bits per heavy atom. The zero-order valence-electron chi connectivity index (χ0n) is 11.1. The van der Waals surface area contributed by atoms with Crippen LogP contribution in [0.3, 0.4) is 0 Å². The Bertz CT molecular complexity index is 548. The number of hydrogen-bond acceptors (Lipinski definition) is 3. The Morgan fingerprint density at radius 2 is 2.05 bits per heavy atom. The third-order valence-electron chi connectivity index (χ3n) is 3.39. The summed E-state index contributed by atoms with van der Waals surface area (Å²) < 4.78 is 1.01. The van der Waals surface area contributed by atoms with Crippen molar-refractivity contribution in [1.29, 1.82) is 0 Å². The van der Waals surface area contributed by atoms with Crippen LogP contribution in [0, 0.1) is 13.8 Å². The summed E-state index contributed by atoms with van der Waals surface area (Å²) in [6.07, 6.45) is -0.545. The molecule has 0 fully saturated rings. The number of nitrogens with two attached hydrogens (primary N) is 1. The predicted molar refractivity (Wildman–Crippen MR) is 84.7 cm³/mol. The first-order valence-electron chi connectivity index (χ1n) is 6.23. The second-order valence-electron chi connectivity index (χ2n) is 4.73. The van der Waals surface area contributed by atoms with Crippen LogP contribution in [0.4, 0.5) is 0 Å². The van der Waals surface area contributed by atoms with Gasteiger partial charge in [-0.25, -0.2) is 0 Å². The smallest absolute Gasteiger partial charge is 0.0962 e. The summed E-state index contributed by atoms with van der Waals surface area (Å²) in [5.74, 6) is -0.0741. The van der Waals surface area contributed by atoms with Crippen LogP contribution in [0.2, 0.25) is 0 Å². The molecule has 0 bridgehead atoms. The van der Waals surface area contributed by atoms with Crippen LogP contribution < -0.4 is 5.73 Å². The summed E-state index contributed by atoms with van der Waals surface area (Å²) in [5, 5.41) is 10.6. The van der Waals surface area contributed by atoms with E-state index in [0.29, 0.717) is 6.54 Å². The first-order chi connectivity index (χ1) is 9.02. The number of benzene rings is 1. The second-order valence-corrected chi connectivity index (χ2v) is 6.93. The van der Waals surface area contributed by atoms with Gasteiger partial charge in [0.25, 0.3) is 0 Å². The third-order valence-corrected chi connectivity index (χ3v) is 5.10. The van der Waals surface area contributed by atoms with Gasteiger partial charge in [-0.2, -0.15) is 0 Å². The standard InChI is InChI=1S/C15H18BrNOS/c1-9-6-14(19-10(9)2)15(18)13(8-17)11-4-3-5-12(16)7-11/h3-7,13,15,18H,8,17H2,1-2H3. The molecule has 102 valence electrons. The topological polar surface area (TPSA) is 46.2 Å². The van der Waals surface area contributed by atoms with Crippen LogP contribution in [0.25, 0.3) is 0 Å². The molecule has 0 aliphatic heterocycles. The van der Waals surface area contributed by atoms with E-state index in [2.05, 4.69) is 35.8 Å². The van der Waals surface area contributed by atoms with Crippen LogP contribution in [-0.2, 0) is 0 Å². The van der Waals surface area contributed by atoms with Gasteiger partial charge < -0.3 is 10.8 Å². The fourth-order valence-corrected chi connectivity index (χ4v) is 3.64. The zero-order valence-corrected chi connectivity index (χ0v) is 13.5. The van der Waals surface area contributed by atoms with E-state index in [1.165, 1.54) is 10.4 Å². The van der Waals surface area contributed by atoms with Gasteiger partial charge in [-0.15, -0.1) is 11.3 Å². The molecule has 4 heteroatoms. The number of aliphatic hydroxyl groups is 1. The molecule has 1 aromatic carbocycles. The molecule has 19 heavy (non-hydrogen) atoms. The van der Waals surface area contributed by atoms with E-state index in [4.69, 9.17) is 5.73 Å². The highest BCUT2D eigenvalue weighted by Gasteiger charge is 2.23. The number of aliphatic hydroxyl groups excluding tert-OH is 1. The van der Waals surface area contributed by atoms with E-state index in [1.807, 2.05) is 24.3 Å². The first-order valence-corrected chi connectivity index (χ1v) is 7.84. The van der Waals surface area contributed by atoms with Gasteiger partial charge in [0, 0.05) is 26.7 Å². The minimum absolute atomic E-state index is 0.0741. The molecule has 0 amide bonds. The second kappa shape index (κ2) is 6.18. The summed E-state index contributed by atoms with van der Waals surface area (Å²) in [6, 6.07) is 10.0. The van der Waals surface area contributed by atoms with Crippen molar-refractivity contribution in [2.75, 3.05) is 6.54 Å². The zero-order chi connectivity index (χ0) is 14.0. The van der Waals surface area contributed by atoms with Gasteiger partial charge in [0.05, 0.1) is 6.10 Å². The molecule has 1 aromatic heterocycles. The van der Waals surface area contributed by atoms with E-state index < -0.39 is 6.10 Å². The third kappa shape index (κ3) is 3.26. The van der Waals surface area contributed by atoms with E-state index in [0.717, 1.165) is 14.9 Å². The van der Waals surface area contributed by atoms with Crippen molar-refractivity contribution in [2.24, 2.45) is 5.73 Å². The Labute approximate surface area is 126 Å². The first kappa shape index (κ1) is 14.7. The Hall–Kier alpha value is -0.680. The number of hydrogen-bond donors (Lipinski definition) is 2. The summed E-state index contributed by atoms with van der Waals surface area (Å²) >= 11 is 5.11. The lowest BCUT2D eigenvalue weighted by Gasteiger charge is -2.21. The quantitative estimate of drug-likeness (QED) is 0.887. The van der Waals surface area contributed by atoms with Crippen molar-refractivity contribution in [3.8, 4) is 0 Å². The van der Waals surface area contributed by atoms with Gasteiger partial charge in [0.15, 0.2) is 0 Å². The minimum atomic E-state index is -0.545. The van der Waals surface area contributed by atoms with Crippen LogP contribution in [0.1, 0.15) is 32.9 Å². The van der Waals surface area contributed by atoms with E-state index in [9.17, 15) is 5.11 Å². The molecular weight excluding hydrogens is 322 g/mol. The molecule has 0 aliphatic rings. The molecule has 2 rings (SSSR count). The molecule has 2 unspecified atom stereocenters. The molecule has 2 atom stereocenters. The molecule has 1 heterocycles. The molecule has 2 nitrogen and oxygen atoms in total. The monoisotopic (exact) mass is 339 g/mol. The normalized spacial score (nSPS) is 14.4. The highest BCUT2D eigenvalue weighted by Crippen LogP contribution is 2.36. The molecule has 0 radical (unpaired) electrons. The maximum Gasteiger partial charge on any atom is 0.0962 e. The summed E-state index contributed by atoms with van der Waals surface area (Å²) in [7, 11) is 0. The fourth-order valence-electron chi connectivity index (χ4n) is 2.13. The lowest BCUT2D eigenvalue weighted by Crippen LogP contribution is -2.19. The largest absolute Gasteiger partial charge is 0.387 e. The predicted octanol–water partition coefficient (Wildman–Crippen LogP) is 3.90. The molecule has 2 aromatic rings. The molecule has 0 spiro atoms. The van der Waals surface area contributed by atoms with Crippen molar-refractivity contribution >= 4 is 27.3 Å². The van der Waals surface area contributed by atoms with Gasteiger partial charge >= 0.3 is 0 Å². The molecule has 0 aliphatic carbocycles. The fraction of sp³-hybridized carbons (Fsp3) is 0.333. The van der Waals surface area contributed by atoms with Crippen LogP contribution in [0.15, 0.2) is 34.8 Å². The van der Waals surface area contributed by atoms with Crippen LogP contribution >= 0.6 is 27.3 Å². The van der Waals surface area contributed by atoms with E-state index >= 15 is 0 Å². The van der Waals surface area contributed by atoms with Crippen molar-refractivity contribution < 1.29 is 5.11 Å². The summed E-state index contributed by atoms with van der Waals surface area (Å²) in [6.45, 7) is 4.57. The van der Waals surface area contributed by atoms with Crippen molar-refractivity contribution in [3.05, 3.63) is 55.7 Å². The average Bonchev–Trinajstić information content (AvgIpc) is 2.70.